The number of hydrogen-bond acceptors (Lipinski definition) is 5. The normalized spacial score (nSPS) is 13.9. The number of ether oxygens (including phenoxy) is 1. The van der Waals surface area contributed by atoms with Crippen molar-refractivity contribution < 1.29 is 23.9 Å². The van der Waals surface area contributed by atoms with Crippen molar-refractivity contribution in [2.24, 2.45) is 23.5 Å². The second-order valence-corrected chi connectivity index (χ2v) is 10.0. The van der Waals surface area contributed by atoms with Crippen LogP contribution in [0.1, 0.15) is 66.4 Å². The minimum atomic E-state index is -0.966. The number of hydrogen-bond donors (Lipinski definition) is 2. The number of nitrogens with two attached hydrogens (primary N) is 1. The number of carbonyl (C=O) groups is 4. The third kappa shape index (κ3) is 9.93. The highest BCUT2D eigenvalue weighted by Crippen LogP contribution is 2.21. The maximum atomic E-state index is 13.8. The second-order valence-electron chi connectivity index (χ2n) is 10.0. The zero-order valence-corrected chi connectivity index (χ0v) is 21.3. The summed E-state index contributed by atoms with van der Waals surface area (Å²) in [5.41, 5.74) is 6.52. The Bertz CT molecular complexity index is 795. The molecule has 8 nitrogen and oxygen atoms in total. The number of benzene rings is 1. The van der Waals surface area contributed by atoms with Crippen LogP contribution >= 0.6 is 0 Å². The highest BCUT2D eigenvalue weighted by Gasteiger charge is 2.38. The van der Waals surface area contributed by atoms with Crippen molar-refractivity contribution in [2.75, 3.05) is 0 Å². The molecule has 1 aromatic rings. The Morgan fingerprint density at radius 2 is 1.50 bits per heavy atom. The predicted molar refractivity (Wildman–Crippen MR) is 132 cm³/mol. The van der Waals surface area contributed by atoms with Gasteiger partial charge in [-0.3, -0.25) is 9.59 Å². The first-order valence-electron chi connectivity index (χ1n) is 12.0. The molecule has 0 saturated carbocycles. The van der Waals surface area contributed by atoms with Crippen LogP contribution in [0.2, 0.25) is 0 Å². The Balaban J connectivity index is 3.21. The van der Waals surface area contributed by atoms with Gasteiger partial charge in [0.15, 0.2) is 0 Å². The fraction of sp³-hybridized carbons (Fsp3) is 0.615. The average molecular weight is 476 g/mol. The van der Waals surface area contributed by atoms with Crippen LogP contribution in [0.4, 0.5) is 4.79 Å². The van der Waals surface area contributed by atoms with Gasteiger partial charge < -0.3 is 25.5 Å². The number of amides is 3. The molecule has 3 atom stereocenters. The number of nitrogens with one attached hydrogen (secondary N) is 1. The van der Waals surface area contributed by atoms with Crippen molar-refractivity contribution in [1.29, 1.82) is 0 Å². The summed E-state index contributed by atoms with van der Waals surface area (Å²) < 4.78 is 5.31. The zero-order valence-electron chi connectivity index (χ0n) is 21.3. The summed E-state index contributed by atoms with van der Waals surface area (Å²) >= 11 is 0. The standard InChI is InChI=1S/C26H41N3O5/c1-17(2)12-21(15-30)29(23(24(27)31)14-19(5)6)25(32)22(13-18(3)4)28-26(33)34-16-20-10-8-7-9-11-20/h7-11,15,17-19,21-23H,12-14,16H2,1-6H3,(H2,27,31)(H,28,33). The van der Waals surface area contributed by atoms with Crippen LogP contribution in [-0.4, -0.2) is 47.2 Å². The highest BCUT2D eigenvalue weighted by atomic mass is 16.5. The molecule has 0 bridgehead atoms. The van der Waals surface area contributed by atoms with E-state index in [1.54, 1.807) is 0 Å². The van der Waals surface area contributed by atoms with Crippen molar-refractivity contribution >= 4 is 24.2 Å². The first-order valence-corrected chi connectivity index (χ1v) is 12.0. The van der Waals surface area contributed by atoms with Crippen molar-refractivity contribution in [1.82, 2.24) is 10.2 Å². The molecule has 0 spiro atoms. The topological polar surface area (TPSA) is 119 Å². The summed E-state index contributed by atoms with van der Waals surface area (Å²) in [7, 11) is 0. The lowest BCUT2D eigenvalue weighted by atomic mass is 9.94. The molecule has 0 saturated heterocycles. The summed E-state index contributed by atoms with van der Waals surface area (Å²) in [6.45, 7) is 11.6. The Hall–Kier alpha value is -2.90. The number of aldehydes is 1. The van der Waals surface area contributed by atoms with E-state index >= 15 is 0 Å². The molecule has 1 rings (SSSR count). The molecule has 3 unspecified atom stereocenters. The van der Waals surface area contributed by atoms with Gasteiger partial charge in [0.2, 0.25) is 11.8 Å². The third-order valence-electron chi connectivity index (χ3n) is 5.35. The predicted octanol–water partition coefficient (Wildman–Crippen LogP) is 3.67. The molecule has 0 aliphatic carbocycles. The van der Waals surface area contributed by atoms with Gasteiger partial charge >= 0.3 is 6.09 Å². The van der Waals surface area contributed by atoms with Crippen LogP contribution in [0.3, 0.4) is 0 Å². The van der Waals surface area contributed by atoms with Crippen LogP contribution in [0.5, 0.6) is 0 Å². The van der Waals surface area contributed by atoms with Crippen LogP contribution in [-0.2, 0) is 25.7 Å². The number of primary amides is 1. The molecule has 0 heterocycles. The first kappa shape index (κ1) is 29.1. The Morgan fingerprint density at radius 3 is 1.97 bits per heavy atom. The van der Waals surface area contributed by atoms with Gasteiger partial charge in [-0.1, -0.05) is 71.9 Å². The van der Waals surface area contributed by atoms with E-state index in [0.29, 0.717) is 25.5 Å². The molecule has 3 N–H and O–H groups in total. The van der Waals surface area contributed by atoms with Crippen LogP contribution in [0, 0.1) is 17.8 Å². The van der Waals surface area contributed by atoms with E-state index in [1.807, 2.05) is 71.9 Å². The molecule has 190 valence electrons. The van der Waals surface area contributed by atoms with Gasteiger partial charge in [-0.2, -0.15) is 0 Å². The SMILES string of the molecule is CC(C)CC(NC(=O)OCc1ccccc1)C(=O)N(C(C=O)CC(C)C)C(CC(C)C)C(N)=O. The number of rotatable bonds is 14. The Kier molecular flexibility index (Phi) is 12.3. The largest absolute Gasteiger partial charge is 0.445 e. The van der Waals surface area contributed by atoms with E-state index in [1.165, 1.54) is 4.90 Å². The number of alkyl carbamates (subject to hydrolysis) is 1. The van der Waals surface area contributed by atoms with Crippen molar-refractivity contribution in [3.63, 3.8) is 0 Å². The van der Waals surface area contributed by atoms with Crippen molar-refractivity contribution in [2.45, 2.75) is 85.5 Å². The minimum absolute atomic E-state index is 0.0561. The minimum Gasteiger partial charge on any atom is -0.445 e. The van der Waals surface area contributed by atoms with Crippen molar-refractivity contribution in [3.8, 4) is 0 Å². The van der Waals surface area contributed by atoms with Gasteiger partial charge in [-0.15, -0.1) is 0 Å². The summed E-state index contributed by atoms with van der Waals surface area (Å²) in [6, 6.07) is 6.44. The van der Waals surface area contributed by atoms with E-state index in [4.69, 9.17) is 10.5 Å². The van der Waals surface area contributed by atoms with Gasteiger partial charge in [-0.05, 0) is 42.6 Å². The number of carbonyl (C=O) groups excluding carboxylic acids is 4. The molecular weight excluding hydrogens is 434 g/mol. The molecule has 0 fully saturated rings. The van der Waals surface area contributed by atoms with Gasteiger partial charge in [0.25, 0.3) is 0 Å². The van der Waals surface area contributed by atoms with E-state index in [9.17, 15) is 19.2 Å². The molecule has 34 heavy (non-hydrogen) atoms. The Morgan fingerprint density at radius 1 is 0.941 bits per heavy atom. The van der Waals surface area contributed by atoms with Gasteiger partial charge in [0.05, 0.1) is 6.04 Å². The lowest BCUT2D eigenvalue weighted by Crippen LogP contribution is -2.59. The van der Waals surface area contributed by atoms with Crippen LogP contribution in [0.15, 0.2) is 30.3 Å². The van der Waals surface area contributed by atoms with E-state index in [0.717, 1.165) is 5.56 Å². The number of nitrogens with zero attached hydrogens (tertiary/aromatic N) is 1. The maximum absolute atomic E-state index is 13.8. The average Bonchev–Trinajstić information content (AvgIpc) is 2.75. The molecule has 0 aliphatic rings. The third-order valence-corrected chi connectivity index (χ3v) is 5.35. The van der Waals surface area contributed by atoms with Gasteiger partial charge in [0.1, 0.15) is 25.0 Å². The van der Waals surface area contributed by atoms with Crippen molar-refractivity contribution in [3.05, 3.63) is 35.9 Å². The fourth-order valence-electron chi connectivity index (χ4n) is 3.86. The molecule has 0 aliphatic heterocycles. The summed E-state index contributed by atoms with van der Waals surface area (Å²) in [5.74, 6) is -0.959. The highest BCUT2D eigenvalue weighted by molar-refractivity contribution is 5.92. The van der Waals surface area contributed by atoms with Gasteiger partial charge in [0, 0.05) is 0 Å². The van der Waals surface area contributed by atoms with Crippen LogP contribution in [0.25, 0.3) is 0 Å². The quantitative estimate of drug-likeness (QED) is 0.398. The maximum Gasteiger partial charge on any atom is 0.408 e. The summed E-state index contributed by atoms with van der Waals surface area (Å²) in [5, 5.41) is 2.66. The lowest BCUT2D eigenvalue weighted by molar-refractivity contribution is -0.147. The van der Waals surface area contributed by atoms with E-state index in [-0.39, 0.29) is 24.4 Å². The molecular formula is C26H41N3O5. The monoisotopic (exact) mass is 475 g/mol. The summed E-state index contributed by atoms with van der Waals surface area (Å²) in [4.78, 5) is 52.1. The molecule has 0 aromatic heterocycles. The Labute approximate surface area is 203 Å². The first-order chi connectivity index (χ1) is 16.0. The van der Waals surface area contributed by atoms with Gasteiger partial charge in [-0.25, -0.2) is 4.79 Å². The summed E-state index contributed by atoms with van der Waals surface area (Å²) in [6.07, 6.45) is 0.957. The van der Waals surface area contributed by atoms with E-state index in [2.05, 4.69) is 5.32 Å². The van der Waals surface area contributed by atoms with Crippen LogP contribution < -0.4 is 11.1 Å². The smallest absolute Gasteiger partial charge is 0.408 e. The molecule has 0 radical (unpaired) electrons. The zero-order chi connectivity index (χ0) is 25.8. The molecule has 8 heteroatoms. The second kappa shape index (κ2) is 14.4. The fourth-order valence-corrected chi connectivity index (χ4v) is 3.86. The van der Waals surface area contributed by atoms with E-state index < -0.39 is 36.0 Å². The lowest BCUT2D eigenvalue weighted by Gasteiger charge is -2.38. The molecule has 1 aromatic carbocycles. The molecule has 3 amide bonds.